The summed E-state index contributed by atoms with van der Waals surface area (Å²) in [5.41, 5.74) is 0. The molecular formula is C39H67O8P-2. The number of hydrogen-bond acceptors (Lipinski definition) is 8. The van der Waals surface area contributed by atoms with Crippen molar-refractivity contribution in [1.29, 1.82) is 0 Å². The van der Waals surface area contributed by atoms with E-state index >= 15 is 0 Å². The Balaban J connectivity index is 4.08. The summed E-state index contributed by atoms with van der Waals surface area (Å²) in [6.45, 7) is 3.41. The summed E-state index contributed by atoms with van der Waals surface area (Å²) >= 11 is 0. The highest BCUT2D eigenvalue weighted by molar-refractivity contribution is 7.43. The molecule has 48 heavy (non-hydrogen) atoms. The Bertz CT molecular complexity index is 921. The number of allylic oxidation sites excluding steroid dienone is 8. The van der Waals surface area contributed by atoms with Gasteiger partial charge in [-0.25, -0.2) is 0 Å². The summed E-state index contributed by atoms with van der Waals surface area (Å²) in [5.74, 6) is -1.02. The Morgan fingerprint density at radius 1 is 0.542 bits per heavy atom. The standard InChI is InChI=1S/C39H69O8P/c1-3-5-7-9-11-13-15-17-18-19-20-22-24-26-28-30-32-34-39(41)47-37(36-46-48(42,43)44)35-45-38(40)33-31-29-27-25-23-21-16-14-12-10-8-6-4-2/h11,13,17-18,20,22,26,28,37H,3-10,12,14-16,19,21,23-25,27,29-36H2,1-2H3,(H2,42,43,44)/p-2/b13-11-,18-17-,22-20-,28-26-/t37-/m1/s1. The van der Waals surface area contributed by atoms with Crippen molar-refractivity contribution in [1.82, 2.24) is 0 Å². The number of phosphoric acid groups is 1. The predicted octanol–water partition coefficient (Wildman–Crippen LogP) is 9.91. The van der Waals surface area contributed by atoms with Gasteiger partial charge in [-0.1, -0.05) is 152 Å². The fraction of sp³-hybridized carbons (Fsp3) is 0.744. The van der Waals surface area contributed by atoms with E-state index in [1.807, 2.05) is 12.2 Å². The van der Waals surface area contributed by atoms with Gasteiger partial charge in [-0.2, -0.15) is 0 Å². The Morgan fingerprint density at radius 2 is 0.958 bits per heavy atom. The number of esters is 2. The molecule has 0 saturated carbocycles. The van der Waals surface area contributed by atoms with Crippen LogP contribution >= 0.6 is 7.82 Å². The molecule has 0 N–H and O–H groups in total. The van der Waals surface area contributed by atoms with Gasteiger partial charge in [-0.3, -0.25) is 9.59 Å². The number of carbonyl (C=O) groups is 2. The van der Waals surface area contributed by atoms with E-state index in [0.29, 0.717) is 19.3 Å². The predicted molar refractivity (Wildman–Crippen MR) is 193 cm³/mol. The zero-order valence-corrected chi connectivity index (χ0v) is 31.2. The van der Waals surface area contributed by atoms with Crippen LogP contribution in [0.4, 0.5) is 0 Å². The van der Waals surface area contributed by atoms with E-state index in [1.54, 1.807) is 0 Å². The lowest BCUT2D eigenvalue weighted by atomic mass is 10.0. The van der Waals surface area contributed by atoms with E-state index in [2.05, 4.69) is 54.8 Å². The van der Waals surface area contributed by atoms with E-state index in [4.69, 9.17) is 9.47 Å². The molecule has 0 amide bonds. The zero-order valence-electron chi connectivity index (χ0n) is 30.3. The molecule has 8 nitrogen and oxygen atoms in total. The van der Waals surface area contributed by atoms with Crippen molar-refractivity contribution in [3.8, 4) is 0 Å². The average Bonchev–Trinajstić information content (AvgIpc) is 3.05. The van der Waals surface area contributed by atoms with Gasteiger partial charge in [0.25, 0.3) is 0 Å². The summed E-state index contributed by atoms with van der Waals surface area (Å²) < 4.78 is 25.7. The van der Waals surface area contributed by atoms with Crippen molar-refractivity contribution in [2.45, 2.75) is 174 Å². The van der Waals surface area contributed by atoms with Crippen molar-refractivity contribution in [2.75, 3.05) is 13.2 Å². The third kappa shape index (κ3) is 36.8. The molecule has 0 aliphatic heterocycles. The van der Waals surface area contributed by atoms with Gasteiger partial charge in [0.2, 0.25) is 0 Å². The molecule has 0 fully saturated rings. The van der Waals surface area contributed by atoms with Gasteiger partial charge >= 0.3 is 11.9 Å². The van der Waals surface area contributed by atoms with Gasteiger partial charge in [-0.15, -0.1) is 0 Å². The van der Waals surface area contributed by atoms with Gasteiger partial charge < -0.3 is 28.3 Å². The highest BCUT2D eigenvalue weighted by Crippen LogP contribution is 2.25. The van der Waals surface area contributed by atoms with Crippen molar-refractivity contribution in [3.05, 3.63) is 48.6 Å². The summed E-state index contributed by atoms with van der Waals surface area (Å²) in [6.07, 6.45) is 40.8. The first kappa shape index (κ1) is 46.0. The molecule has 0 aliphatic carbocycles. The lowest BCUT2D eigenvalue weighted by Crippen LogP contribution is -2.31. The maximum atomic E-state index is 12.3. The molecule has 0 saturated heterocycles. The number of phosphoric ester groups is 1. The number of ether oxygens (including phenoxy) is 2. The second kappa shape index (κ2) is 34.9. The van der Waals surface area contributed by atoms with Gasteiger partial charge in [0.05, 0.1) is 14.4 Å². The Labute approximate surface area is 293 Å². The number of carbonyl (C=O) groups excluding carboxylic acids is 2. The van der Waals surface area contributed by atoms with Crippen LogP contribution in [0.25, 0.3) is 0 Å². The highest BCUT2D eigenvalue weighted by atomic mass is 31.2. The first-order valence-electron chi connectivity index (χ1n) is 18.9. The van der Waals surface area contributed by atoms with E-state index < -0.39 is 32.5 Å². The molecule has 0 bridgehead atoms. The topological polar surface area (TPSA) is 125 Å². The first-order chi connectivity index (χ1) is 23.3. The third-order valence-electron chi connectivity index (χ3n) is 7.84. The lowest BCUT2D eigenvalue weighted by Gasteiger charge is -2.30. The van der Waals surface area contributed by atoms with Crippen LogP contribution in [-0.2, 0) is 28.2 Å². The minimum atomic E-state index is -5.26. The maximum Gasteiger partial charge on any atom is 0.306 e. The molecule has 1 atom stereocenters. The molecule has 9 heteroatoms. The van der Waals surface area contributed by atoms with Crippen LogP contribution in [0.15, 0.2) is 48.6 Å². The van der Waals surface area contributed by atoms with Crippen LogP contribution in [0.3, 0.4) is 0 Å². The summed E-state index contributed by atoms with van der Waals surface area (Å²) in [6, 6.07) is 0. The van der Waals surface area contributed by atoms with E-state index in [0.717, 1.165) is 44.9 Å². The smallest absolute Gasteiger partial charge is 0.306 e. The quantitative estimate of drug-likeness (QED) is 0.0282. The molecule has 0 spiro atoms. The van der Waals surface area contributed by atoms with Crippen LogP contribution in [0, 0.1) is 0 Å². The molecule has 0 heterocycles. The van der Waals surface area contributed by atoms with Crippen LogP contribution in [0.1, 0.15) is 168 Å². The zero-order chi connectivity index (χ0) is 35.4. The van der Waals surface area contributed by atoms with E-state index in [9.17, 15) is 23.9 Å². The minimum Gasteiger partial charge on any atom is -0.790 e. The molecule has 0 unspecified atom stereocenters. The van der Waals surface area contributed by atoms with Crippen LogP contribution in [0.2, 0.25) is 0 Å². The van der Waals surface area contributed by atoms with Crippen LogP contribution in [-0.4, -0.2) is 31.3 Å². The summed E-state index contributed by atoms with van der Waals surface area (Å²) in [7, 11) is -5.26. The van der Waals surface area contributed by atoms with Crippen molar-refractivity contribution >= 4 is 19.8 Å². The van der Waals surface area contributed by atoms with Crippen molar-refractivity contribution in [2.24, 2.45) is 0 Å². The molecule has 0 rings (SSSR count). The second-order valence-corrected chi connectivity index (χ2v) is 13.7. The Morgan fingerprint density at radius 3 is 1.46 bits per heavy atom. The first-order valence-corrected chi connectivity index (χ1v) is 20.4. The highest BCUT2D eigenvalue weighted by Gasteiger charge is 2.18. The number of rotatable bonds is 34. The SMILES string of the molecule is CCCCC/C=C\C/C=C\C/C=C\C/C=C\CCCC(=O)O[C@H](COC(=O)CCCCCCCCCCCCCCC)COP(=O)([O-])[O-]. The van der Waals surface area contributed by atoms with Crippen LogP contribution in [0.5, 0.6) is 0 Å². The number of hydrogen-bond donors (Lipinski definition) is 0. The minimum absolute atomic E-state index is 0.105. The molecule has 0 aromatic rings. The molecule has 0 aliphatic rings. The molecular weight excluding hydrogens is 627 g/mol. The average molecular weight is 695 g/mol. The molecule has 0 radical (unpaired) electrons. The maximum absolute atomic E-state index is 12.3. The van der Waals surface area contributed by atoms with Crippen molar-refractivity contribution in [3.63, 3.8) is 0 Å². The molecule has 0 aromatic carbocycles. The second-order valence-electron chi connectivity index (χ2n) is 12.5. The largest absolute Gasteiger partial charge is 0.790 e. The third-order valence-corrected chi connectivity index (χ3v) is 8.31. The Hall–Kier alpha value is -1.99. The fourth-order valence-electron chi connectivity index (χ4n) is 5.01. The summed E-state index contributed by atoms with van der Waals surface area (Å²) in [4.78, 5) is 46.4. The van der Waals surface area contributed by atoms with Gasteiger partial charge in [0.1, 0.15) is 6.61 Å². The Kier molecular flexibility index (Phi) is 33.4. The van der Waals surface area contributed by atoms with Gasteiger partial charge in [0.15, 0.2) is 6.10 Å². The normalized spacial score (nSPS) is 13.0. The fourth-order valence-corrected chi connectivity index (χ4v) is 5.35. The van der Waals surface area contributed by atoms with E-state index in [1.165, 1.54) is 77.0 Å². The van der Waals surface area contributed by atoms with E-state index in [-0.39, 0.29) is 19.4 Å². The number of unbranched alkanes of at least 4 members (excludes halogenated alkanes) is 16. The van der Waals surface area contributed by atoms with Crippen molar-refractivity contribution < 1.29 is 37.9 Å². The summed E-state index contributed by atoms with van der Waals surface area (Å²) in [5, 5.41) is 0. The van der Waals surface area contributed by atoms with Crippen LogP contribution < -0.4 is 9.79 Å². The lowest BCUT2D eigenvalue weighted by molar-refractivity contribution is -0.343. The molecule has 0 aromatic heterocycles. The van der Waals surface area contributed by atoms with Gasteiger partial charge in [0, 0.05) is 12.8 Å². The monoisotopic (exact) mass is 694 g/mol. The van der Waals surface area contributed by atoms with Gasteiger partial charge in [-0.05, 0) is 51.4 Å². The molecule has 278 valence electrons.